The summed E-state index contributed by atoms with van der Waals surface area (Å²) >= 11 is 0. The molecule has 0 radical (unpaired) electrons. The maximum Gasteiger partial charge on any atom is 0.274 e. The highest BCUT2D eigenvalue weighted by molar-refractivity contribution is 5.62. The summed E-state index contributed by atoms with van der Waals surface area (Å²) in [4.78, 5) is 24.2. The molecule has 0 saturated carbocycles. The Bertz CT molecular complexity index is 1450. The first-order valence-corrected chi connectivity index (χ1v) is 11.2. The van der Waals surface area contributed by atoms with Crippen LogP contribution in [0.3, 0.4) is 0 Å². The third-order valence-corrected chi connectivity index (χ3v) is 6.72. The highest BCUT2D eigenvalue weighted by Gasteiger charge is 2.26. The zero-order valence-corrected chi connectivity index (χ0v) is 18.9. The molecule has 0 atom stereocenters. The Labute approximate surface area is 190 Å². The van der Waals surface area contributed by atoms with Gasteiger partial charge in [-0.25, -0.2) is 4.98 Å². The molecule has 168 valence electrons. The van der Waals surface area contributed by atoms with Crippen LogP contribution in [0.15, 0.2) is 35.4 Å². The number of pyridine rings is 1. The summed E-state index contributed by atoms with van der Waals surface area (Å²) < 4.78 is 8.81. The summed E-state index contributed by atoms with van der Waals surface area (Å²) in [6.45, 7) is 8.76. The molecule has 1 fully saturated rings. The Morgan fingerprint density at radius 1 is 1.12 bits per heavy atom. The van der Waals surface area contributed by atoms with Crippen LogP contribution in [-0.2, 0) is 17.7 Å². The largest absolute Gasteiger partial charge is 0.377 e. The van der Waals surface area contributed by atoms with E-state index in [0.29, 0.717) is 31.1 Å². The van der Waals surface area contributed by atoms with Crippen molar-refractivity contribution in [2.45, 2.75) is 39.8 Å². The third-order valence-electron chi connectivity index (χ3n) is 6.72. The highest BCUT2D eigenvalue weighted by atomic mass is 16.5. The molecule has 4 aromatic rings. The number of hydrogen-bond donors (Lipinski definition) is 0. The van der Waals surface area contributed by atoms with Gasteiger partial charge in [-0.1, -0.05) is 0 Å². The van der Waals surface area contributed by atoms with Gasteiger partial charge in [0.15, 0.2) is 11.5 Å². The number of nitrogens with zero attached hydrogens (tertiary/aromatic N) is 7. The van der Waals surface area contributed by atoms with Crippen molar-refractivity contribution >= 4 is 11.5 Å². The molecular formula is C24H25N7O2. The molecule has 0 spiro atoms. The van der Waals surface area contributed by atoms with E-state index in [0.717, 1.165) is 46.9 Å². The minimum atomic E-state index is -0.156. The van der Waals surface area contributed by atoms with Gasteiger partial charge in [0, 0.05) is 66.0 Å². The number of aryl methyl sites for hydroxylation is 2. The molecule has 2 aliphatic rings. The average molecular weight is 444 g/mol. The third kappa shape index (κ3) is 3.22. The number of hydrogen-bond acceptors (Lipinski definition) is 7. The topological polar surface area (TPSA) is 90.4 Å². The summed E-state index contributed by atoms with van der Waals surface area (Å²) in [6.07, 6.45) is 4.60. The number of aromatic nitrogens is 6. The van der Waals surface area contributed by atoms with Crippen LogP contribution in [0.25, 0.3) is 16.9 Å². The Morgan fingerprint density at radius 3 is 2.76 bits per heavy atom. The van der Waals surface area contributed by atoms with Crippen molar-refractivity contribution in [3.63, 3.8) is 0 Å². The molecule has 2 aliphatic heterocycles. The van der Waals surface area contributed by atoms with Crippen molar-refractivity contribution in [1.29, 1.82) is 0 Å². The Morgan fingerprint density at radius 2 is 1.97 bits per heavy atom. The summed E-state index contributed by atoms with van der Waals surface area (Å²) in [5.74, 6) is 0.820. The predicted octanol–water partition coefficient (Wildman–Crippen LogP) is 2.41. The lowest BCUT2D eigenvalue weighted by molar-refractivity contribution is -0.0278. The van der Waals surface area contributed by atoms with Gasteiger partial charge in [0.25, 0.3) is 5.56 Å². The molecule has 4 aromatic heterocycles. The zero-order valence-electron chi connectivity index (χ0n) is 18.9. The summed E-state index contributed by atoms with van der Waals surface area (Å²) in [7, 11) is 0. The molecule has 1 saturated heterocycles. The van der Waals surface area contributed by atoms with E-state index in [4.69, 9.17) is 14.8 Å². The van der Waals surface area contributed by atoms with E-state index in [9.17, 15) is 4.79 Å². The van der Waals surface area contributed by atoms with Crippen LogP contribution in [0.5, 0.6) is 0 Å². The van der Waals surface area contributed by atoms with E-state index >= 15 is 0 Å². The van der Waals surface area contributed by atoms with Crippen LogP contribution in [0, 0.1) is 20.8 Å². The van der Waals surface area contributed by atoms with Crippen molar-refractivity contribution in [3.05, 3.63) is 69.0 Å². The van der Waals surface area contributed by atoms with E-state index in [1.165, 1.54) is 16.1 Å². The van der Waals surface area contributed by atoms with Gasteiger partial charge in [0.1, 0.15) is 0 Å². The molecule has 9 heteroatoms. The standard InChI is InChI=1S/C24H25N7O2/c1-14-8-22(32)31-23(27-14)15(2)16(3)24(28-31)29-7-5-20-18(11-29)9-17(10-25-20)21-4-6-26-30(21)19-12-33-13-19/h4,6,8-10,19H,5,7,11-13H2,1-3H3. The summed E-state index contributed by atoms with van der Waals surface area (Å²) in [5, 5.41) is 9.22. The molecule has 0 bridgehead atoms. The van der Waals surface area contributed by atoms with Gasteiger partial charge in [0.05, 0.1) is 24.9 Å². The van der Waals surface area contributed by atoms with Crippen LogP contribution >= 0.6 is 0 Å². The number of ether oxygens (including phenoxy) is 1. The quantitative estimate of drug-likeness (QED) is 0.480. The monoisotopic (exact) mass is 443 g/mol. The van der Waals surface area contributed by atoms with Crippen molar-refractivity contribution in [2.24, 2.45) is 0 Å². The Hall–Kier alpha value is -3.59. The first-order valence-electron chi connectivity index (χ1n) is 11.2. The molecule has 0 amide bonds. The minimum absolute atomic E-state index is 0.156. The minimum Gasteiger partial charge on any atom is -0.377 e. The van der Waals surface area contributed by atoms with Gasteiger partial charge in [-0.05, 0) is 38.5 Å². The van der Waals surface area contributed by atoms with E-state index < -0.39 is 0 Å². The normalized spacial score (nSPS) is 16.2. The van der Waals surface area contributed by atoms with Gasteiger partial charge in [-0.3, -0.25) is 14.5 Å². The molecule has 6 rings (SSSR count). The van der Waals surface area contributed by atoms with E-state index in [1.807, 2.05) is 37.0 Å². The number of rotatable bonds is 3. The van der Waals surface area contributed by atoms with Crippen LogP contribution in [0.4, 0.5) is 5.82 Å². The molecule has 6 heterocycles. The molecule has 33 heavy (non-hydrogen) atoms. The van der Waals surface area contributed by atoms with Crippen LogP contribution in [-0.4, -0.2) is 49.1 Å². The molecule has 0 N–H and O–H groups in total. The molecule has 0 unspecified atom stereocenters. The lowest BCUT2D eigenvalue weighted by Gasteiger charge is -2.31. The summed E-state index contributed by atoms with van der Waals surface area (Å²) in [5.41, 5.74) is 7.58. The predicted molar refractivity (Wildman–Crippen MR) is 124 cm³/mol. The lowest BCUT2D eigenvalue weighted by Crippen LogP contribution is -2.34. The van der Waals surface area contributed by atoms with Crippen molar-refractivity contribution in [2.75, 3.05) is 24.7 Å². The lowest BCUT2D eigenvalue weighted by atomic mass is 10.0. The van der Waals surface area contributed by atoms with E-state index in [1.54, 1.807) is 0 Å². The highest BCUT2D eigenvalue weighted by Crippen LogP contribution is 2.31. The maximum absolute atomic E-state index is 12.6. The summed E-state index contributed by atoms with van der Waals surface area (Å²) in [6, 6.07) is 6.05. The maximum atomic E-state index is 12.6. The van der Waals surface area contributed by atoms with Gasteiger partial charge in [-0.2, -0.15) is 9.61 Å². The van der Waals surface area contributed by atoms with Gasteiger partial charge >= 0.3 is 0 Å². The Kier molecular flexibility index (Phi) is 4.55. The molecule has 0 aliphatic carbocycles. The molecular weight excluding hydrogens is 418 g/mol. The fraction of sp³-hybridized carbons (Fsp3) is 0.375. The van der Waals surface area contributed by atoms with E-state index in [-0.39, 0.29) is 11.6 Å². The van der Waals surface area contributed by atoms with Crippen LogP contribution < -0.4 is 10.5 Å². The van der Waals surface area contributed by atoms with Gasteiger partial charge in [0.2, 0.25) is 0 Å². The second-order valence-corrected chi connectivity index (χ2v) is 8.90. The number of anilines is 1. The average Bonchev–Trinajstić information content (AvgIpc) is 3.23. The number of fused-ring (bicyclic) bond motifs is 2. The van der Waals surface area contributed by atoms with Crippen molar-refractivity contribution < 1.29 is 4.74 Å². The second-order valence-electron chi connectivity index (χ2n) is 8.90. The van der Waals surface area contributed by atoms with Crippen LogP contribution in [0.1, 0.15) is 34.1 Å². The fourth-order valence-electron chi connectivity index (χ4n) is 4.68. The molecule has 9 nitrogen and oxygen atoms in total. The first-order chi connectivity index (χ1) is 16.0. The molecule has 0 aromatic carbocycles. The van der Waals surface area contributed by atoms with E-state index in [2.05, 4.69) is 28.0 Å². The Balaban J connectivity index is 1.38. The van der Waals surface area contributed by atoms with Gasteiger partial charge in [-0.15, -0.1) is 5.10 Å². The van der Waals surface area contributed by atoms with Crippen LogP contribution in [0.2, 0.25) is 0 Å². The zero-order chi connectivity index (χ0) is 22.7. The van der Waals surface area contributed by atoms with Crippen molar-refractivity contribution in [3.8, 4) is 11.3 Å². The smallest absolute Gasteiger partial charge is 0.274 e. The SMILES string of the molecule is Cc1cc(=O)n2nc(N3CCc4ncc(-c5ccnn5C5COC5)cc4C3)c(C)c(C)c2n1. The first kappa shape index (κ1) is 20.0. The second kappa shape index (κ2) is 7.48. The van der Waals surface area contributed by atoms with Crippen molar-refractivity contribution in [1.82, 2.24) is 29.4 Å². The van der Waals surface area contributed by atoms with Gasteiger partial charge < -0.3 is 9.64 Å². The fourth-order valence-corrected chi connectivity index (χ4v) is 4.68.